The van der Waals surface area contributed by atoms with Gasteiger partial charge in [-0.2, -0.15) is 4.98 Å². The molecule has 0 aliphatic heterocycles. The van der Waals surface area contributed by atoms with E-state index in [9.17, 15) is 0 Å². The van der Waals surface area contributed by atoms with Gasteiger partial charge in [0.05, 0.1) is 6.42 Å². The molecule has 3 rings (SSSR count). The molecular formula is C12H10Cl2N2O. The molecule has 1 aromatic heterocycles. The van der Waals surface area contributed by atoms with Crippen molar-refractivity contribution < 1.29 is 4.52 Å². The fourth-order valence-electron chi connectivity index (χ4n) is 1.68. The summed E-state index contributed by atoms with van der Waals surface area (Å²) in [4.78, 5) is 4.36. The second-order valence-electron chi connectivity index (χ2n) is 4.23. The topological polar surface area (TPSA) is 38.9 Å². The fraction of sp³-hybridized carbons (Fsp3) is 0.333. The van der Waals surface area contributed by atoms with Crippen LogP contribution in [0.4, 0.5) is 0 Å². The quantitative estimate of drug-likeness (QED) is 0.849. The van der Waals surface area contributed by atoms with Crippen molar-refractivity contribution in [2.75, 3.05) is 0 Å². The molecule has 3 nitrogen and oxygen atoms in total. The highest BCUT2D eigenvalue weighted by molar-refractivity contribution is 6.35. The summed E-state index contributed by atoms with van der Waals surface area (Å²) >= 11 is 11.9. The Morgan fingerprint density at radius 3 is 2.82 bits per heavy atom. The van der Waals surface area contributed by atoms with Crippen LogP contribution in [0, 0.1) is 0 Å². The van der Waals surface area contributed by atoms with Crippen molar-refractivity contribution in [2.45, 2.75) is 25.2 Å². The molecule has 5 heteroatoms. The third kappa shape index (κ3) is 2.45. The summed E-state index contributed by atoms with van der Waals surface area (Å²) in [5, 5.41) is 5.22. The third-order valence-corrected chi connectivity index (χ3v) is 3.37. The van der Waals surface area contributed by atoms with E-state index >= 15 is 0 Å². The van der Waals surface area contributed by atoms with Crippen LogP contribution in [0.3, 0.4) is 0 Å². The Kier molecular flexibility index (Phi) is 2.81. The number of nitrogens with zero attached hydrogens (tertiary/aromatic N) is 2. The van der Waals surface area contributed by atoms with E-state index in [1.165, 1.54) is 12.8 Å². The highest BCUT2D eigenvalue weighted by Crippen LogP contribution is 2.38. The van der Waals surface area contributed by atoms with Gasteiger partial charge in [0, 0.05) is 16.0 Å². The van der Waals surface area contributed by atoms with Crippen molar-refractivity contribution in [1.82, 2.24) is 10.1 Å². The zero-order chi connectivity index (χ0) is 11.8. The minimum absolute atomic E-state index is 0.508. The van der Waals surface area contributed by atoms with Crippen molar-refractivity contribution in [3.8, 4) is 0 Å². The number of hydrogen-bond acceptors (Lipinski definition) is 3. The summed E-state index contributed by atoms with van der Waals surface area (Å²) in [5.41, 5.74) is 0.946. The number of hydrogen-bond donors (Lipinski definition) is 0. The first kappa shape index (κ1) is 11.1. The molecule has 1 saturated carbocycles. The van der Waals surface area contributed by atoms with Crippen molar-refractivity contribution in [1.29, 1.82) is 0 Å². The average molecular weight is 269 g/mol. The number of rotatable bonds is 3. The summed E-state index contributed by atoms with van der Waals surface area (Å²) in [6, 6.07) is 5.41. The van der Waals surface area contributed by atoms with E-state index in [1.54, 1.807) is 12.1 Å². The standard InChI is InChI=1S/C12H10Cl2N2O/c13-9-4-3-8(10(14)6-9)5-11-15-12(16-17-11)7-1-2-7/h3-4,6-7H,1-2,5H2. The molecule has 0 radical (unpaired) electrons. The molecule has 1 aliphatic carbocycles. The smallest absolute Gasteiger partial charge is 0.231 e. The molecule has 1 heterocycles. The van der Waals surface area contributed by atoms with Crippen LogP contribution in [0.2, 0.25) is 10.0 Å². The summed E-state index contributed by atoms with van der Waals surface area (Å²) in [5.74, 6) is 1.94. The van der Waals surface area contributed by atoms with Gasteiger partial charge in [-0.05, 0) is 30.5 Å². The highest BCUT2D eigenvalue weighted by Gasteiger charge is 2.28. The Hall–Kier alpha value is -1.06. The maximum Gasteiger partial charge on any atom is 0.231 e. The molecule has 1 aromatic carbocycles. The maximum absolute atomic E-state index is 6.09. The van der Waals surface area contributed by atoms with E-state index in [2.05, 4.69) is 10.1 Å². The van der Waals surface area contributed by atoms with E-state index in [0.717, 1.165) is 11.4 Å². The van der Waals surface area contributed by atoms with Gasteiger partial charge in [-0.15, -0.1) is 0 Å². The highest BCUT2D eigenvalue weighted by atomic mass is 35.5. The molecule has 0 atom stereocenters. The minimum atomic E-state index is 0.508. The molecule has 0 N–H and O–H groups in total. The normalized spacial score (nSPS) is 15.2. The van der Waals surface area contributed by atoms with Crippen LogP contribution in [0.15, 0.2) is 22.7 Å². The Balaban J connectivity index is 1.80. The van der Waals surface area contributed by atoms with Gasteiger partial charge in [0.2, 0.25) is 5.89 Å². The first-order valence-electron chi connectivity index (χ1n) is 5.49. The molecular weight excluding hydrogens is 259 g/mol. The summed E-state index contributed by atoms with van der Waals surface area (Å²) in [6.45, 7) is 0. The molecule has 0 bridgehead atoms. The van der Waals surface area contributed by atoms with Crippen molar-refractivity contribution in [2.24, 2.45) is 0 Å². The lowest BCUT2D eigenvalue weighted by Gasteiger charge is -2.00. The maximum atomic E-state index is 6.09. The lowest BCUT2D eigenvalue weighted by atomic mass is 10.1. The Morgan fingerprint density at radius 2 is 2.12 bits per heavy atom. The van der Waals surface area contributed by atoms with Crippen LogP contribution >= 0.6 is 23.2 Å². The first-order valence-corrected chi connectivity index (χ1v) is 6.24. The fourth-order valence-corrected chi connectivity index (χ4v) is 2.15. The van der Waals surface area contributed by atoms with Crippen molar-refractivity contribution in [3.63, 3.8) is 0 Å². The van der Waals surface area contributed by atoms with Crippen LogP contribution in [0.25, 0.3) is 0 Å². The molecule has 0 amide bonds. The average Bonchev–Trinajstić information content (AvgIpc) is 3.04. The van der Waals surface area contributed by atoms with Gasteiger partial charge in [0.25, 0.3) is 0 Å². The second kappa shape index (κ2) is 4.31. The van der Waals surface area contributed by atoms with Gasteiger partial charge in [0.15, 0.2) is 5.82 Å². The predicted octanol–water partition coefficient (Wildman–Crippen LogP) is 3.84. The van der Waals surface area contributed by atoms with Crippen LogP contribution in [0.5, 0.6) is 0 Å². The van der Waals surface area contributed by atoms with Crippen LogP contribution in [-0.2, 0) is 6.42 Å². The molecule has 2 aromatic rings. The van der Waals surface area contributed by atoms with Crippen molar-refractivity contribution >= 4 is 23.2 Å². The van der Waals surface area contributed by atoms with Gasteiger partial charge in [-0.3, -0.25) is 0 Å². The second-order valence-corrected chi connectivity index (χ2v) is 5.08. The largest absolute Gasteiger partial charge is 0.339 e. The summed E-state index contributed by atoms with van der Waals surface area (Å²) in [6.07, 6.45) is 2.89. The zero-order valence-corrected chi connectivity index (χ0v) is 10.5. The molecule has 0 unspecified atom stereocenters. The molecule has 1 aliphatic rings. The summed E-state index contributed by atoms with van der Waals surface area (Å²) < 4.78 is 5.20. The lowest BCUT2D eigenvalue weighted by molar-refractivity contribution is 0.379. The third-order valence-electron chi connectivity index (χ3n) is 2.78. The van der Waals surface area contributed by atoms with Crippen molar-refractivity contribution in [3.05, 3.63) is 45.5 Å². The Bertz CT molecular complexity index is 549. The molecule has 17 heavy (non-hydrogen) atoms. The van der Waals surface area contributed by atoms with Gasteiger partial charge < -0.3 is 4.52 Å². The Morgan fingerprint density at radius 1 is 1.29 bits per heavy atom. The van der Waals surface area contributed by atoms with E-state index in [4.69, 9.17) is 27.7 Å². The zero-order valence-electron chi connectivity index (χ0n) is 8.99. The first-order chi connectivity index (χ1) is 8.22. The molecule has 0 saturated heterocycles. The lowest BCUT2D eigenvalue weighted by Crippen LogP contribution is -1.90. The predicted molar refractivity (Wildman–Crippen MR) is 65.5 cm³/mol. The van der Waals surface area contributed by atoms with Crippen LogP contribution in [0.1, 0.15) is 36.0 Å². The Labute approximate surface area is 109 Å². The van der Waals surface area contributed by atoms with Gasteiger partial charge in [0.1, 0.15) is 0 Å². The van der Waals surface area contributed by atoms with E-state index in [-0.39, 0.29) is 0 Å². The van der Waals surface area contributed by atoms with Gasteiger partial charge in [-0.25, -0.2) is 0 Å². The minimum Gasteiger partial charge on any atom is -0.339 e. The number of benzene rings is 1. The molecule has 1 fully saturated rings. The van der Waals surface area contributed by atoms with Gasteiger partial charge in [-0.1, -0.05) is 34.4 Å². The van der Waals surface area contributed by atoms with Crippen LogP contribution in [-0.4, -0.2) is 10.1 Å². The van der Waals surface area contributed by atoms with Gasteiger partial charge >= 0.3 is 0 Å². The van der Waals surface area contributed by atoms with E-state index < -0.39 is 0 Å². The number of aromatic nitrogens is 2. The van der Waals surface area contributed by atoms with Crippen LogP contribution < -0.4 is 0 Å². The molecule has 0 spiro atoms. The SMILES string of the molecule is Clc1ccc(Cc2nc(C3CC3)no2)c(Cl)c1. The van der Waals surface area contributed by atoms with E-state index in [0.29, 0.717) is 28.3 Å². The van der Waals surface area contributed by atoms with E-state index in [1.807, 2.05) is 6.07 Å². The monoisotopic (exact) mass is 268 g/mol. The summed E-state index contributed by atoms with van der Waals surface area (Å²) in [7, 11) is 0. The molecule has 88 valence electrons. The number of halogens is 2.